The Morgan fingerprint density at radius 2 is 1.77 bits per heavy atom. The van der Waals surface area contributed by atoms with Gasteiger partial charge in [0.25, 0.3) is 0 Å². The van der Waals surface area contributed by atoms with Crippen LogP contribution in [-0.4, -0.2) is 63.4 Å². The molecule has 1 aliphatic heterocycles. The number of halogens is 3. The maximum atomic E-state index is 14.1. The van der Waals surface area contributed by atoms with E-state index < -0.39 is 24.2 Å². The highest BCUT2D eigenvalue weighted by molar-refractivity contribution is 6.06. The number of anilines is 1. The Balaban J connectivity index is 1.68. The van der Waals surface area contributed by atoms with Gasteiger partial charge in [-0.25, -0.2) is 0 Å². The predicted octanol–water partition coefficient (Wildman–Crippen LogP) is 5.12. The minimum atomic E-state index is -4.61. The average Bonchev–Trinajstić information content (AvgIpc) is 3.17. The summed E-state index contributed by atoms with van der Waals surface area (Å²) in [6.07, 6.45) is -4.39. The summed E-state index contributed by atoms with van der Waals surface area (Å²) >= 11 is 0. The highest BCUT2D eigenvalue weighted by Crippen LogP contribution is 2.38. The molecule has 9 heteroatoms. The van der Waals surface area contributed by atoms with Crippen LogP contribution in [0.25, 0.3) is 21.9 Å². The number of nitrogens with zero attached hydrogens (tertiary/aromatic N) is 2. The molecule has 0 aliphatic carbocycles. The number of hydrogen-bond acceptors (Lipinski definition) is 6. The monoisotopic (exact) mass is 491 g/mol. The molecule has 4 rings (SSSR count). The third-order valence-corrected chi connectivity index (χ3v) is 6.57. The van der Waals surface area contributed by atoms with E-state index in [2.05, 4.69) is 22.2 Å². The molecule has 3 aromatic rings. The maximum absolute atomic E-state index is 14.1. The molecule has 1 aliphatic rings. The topological polar surface area (TPSA) is 58.0 Å². The number of methoxy groups -OCH3 is 1. The van der Waals surface area contributed by atoms with Gasteiger partial charge in [0.05, 0.1) is 7.11 Å². The molecule has 0 saturated carbocycles. The third kappa shape index (κ3) is 5.56. The Kier molecular flexibility index (Phi) is 7.28. The van der Waals surface area contributed by atoms with Gasteiger partial charge in [-0.3, -0.25) is 10.1 Å². The van der Waals surface area contributed by atoms with Crippen LogP contribution in [0.2, 0.25) is 0 Å². The molecule has 2 aromatic carbocycles. The molecule has 0 bridgehead atoms. The van der Waals surface area contributed by atoms with E-state index in [0.717, 1.165) is 42.6 Å². The molecule has 0 radical (unpaired) electrons. The van der Waals surface area contributed by atoms with Gasteiger partial charge in [-0.2, -0.15) is 13.2 Å². The first-order valence-electron chi connectivity index (χ1n) is 11.9. The molecule has 35 heavy (non-hydrogen) atoms. The summed E-state index contributed by atoms with van der Waals surface area (Å²) in [5.74, 6) is -0.706. The molecule has 0 spiro atoms. The summed E-state index contributed by atoms with van der Waals surface area (Å²) in [5.41, 5.74) is 2.06. The van der Waals surface area contributed by atoms with Crippen LogP contribution in [0.3, 0.4) is 0 Å². The van der Waals surface area contributed by atoms with Crippen molar-refractivity contribution in [1.29, 1.82) is 0 Å². The van der Waals surface area contributed by atoms with Crippen LogP contribution >= 0.6 is 0 Å². The Morgan fingerprint density at radius 3 is 2.40 bits per heavy atom. The van der Waals surface area contributed by atoms with Gasteiger partial charge < -0.3 is 19.0 Å². The lowest BCUT2D eigenvalue weighted by molar-refractivity contribution is -0.164. The zero-order valence-electron chi connectivity index (χ0n) is 20.5. The minimum absolute atomic E-state index is 0.00726. The number of esters is 1. The van der Waals surface area contributed by atoms with Crippen molar-refractivity contribution in [2.24, 2.45) is 5.92 Å². The minimum Gasteiger partial charge on any atom is -0.468 e. The maximum Gasteiger partial charge on any atom is 0.407 e. The zero-order chi connectivity index (χ0) is 25.3. The number of nitrogens with one attached hydrogen (secondary N) is 1. The molecule has 1 N–H and O–H groups in total. The molecule has 1 saturated heterocycles. The van der Waals surface area contributed by atoms with Gasteiger partial charge in [0.2, 0.25) is 0 Å². The van der Waals surface area contributed by atoms with Crippen molar-refractivity contribution in [1.82, 2.24) is 10.2 Å². The molecule has 2 heterocycles. The number of likely N-dealkylation sites (N-methyl/N-ethyl adjacent to an activating group) is 1. The van der Waals surface area contributed by atoms with Gasteiger partial charge in [-0.1, -0.05) is 26.0 Å². The number of rotatable bonds is 7. The second-order valence-electron chi connectivity index (χ2n) is 9.68. The predicted molar refractivity (Wildman–Crippen MR) is 131 cm³/mol. The molecule has 0 amide bonds. The number of furan rings is 1. The number of carbonyl (C=O) groups is 1. The molecule has 190 valence electrons. The van der Waals surface area contributed by atoms with Gasteiger partial charge in [-0.15, -0.1) is 0 Å². The lowest BCUT2D eigenvalue weighted by atomic mass is 9.99. The van der Waals surface area contributed by atoms with Crippen molar-refractivity contribution in [3.63, 3.8) is 0 Å². The highest BCUT2D eigenvalue weighted by Gasteiger charge is 2.43. The van der Waals surface area contributed by atoms with Crippen LogP contribution in [0.1, 0.15) is 31.9 Å². The zero-order valence-corrected chi connectivity index (χ0v) is 20.5. The van der Waals surface area contributed by atoms with Crippen molar-refractivity contribution in [3.05, 3.63) is 42.0 Å². The van der Waals surface area contributed by atoms with E-state index in [1.807, 2.05) is 32.0 Å². The van der Waals surface area contributed by atoms with Crippen molar-refractivity contribution in [2.75, 3.05) is 45.2 Å². The van der Waals surface area contributed by atoms with Crippen molar-refractivity contribution >= 4 is 33.6 Å². The summed E-state index contributed by atoms with van der Waals surface area (Å²) in [4.78, 5) is 16.8. The van der Waals surface area contributed by atoms with E-state index >= 15 is 0 Å². The molecule has 6 nitrogen and oxygen atoms in total. The summed E-state index contributed by atoms with van der Waals surface area (Å²) in [6, 6.07) is 7.33. The van der Waals surface area contributed by atoms with Crippen LogP contribution in [0.5, 0.6) is 0 Å². The molecular formula is C26H32F3N3O3. The van der Waals surface area contributed by atoms with Crippen molar-refractivity contribution in [2.45, 2.75) is 38.5 Å². The summed E-state index contributed by atoms with van der Waals surface area (Å²) in [7, 11) is 3.28. The summed E-state index contributed by atoms with van der Waals surface area (Å²) in [6.45, 7) is 7.47. The van der Waals surface area contributed by atoms with Crippen LogP contribution in [0, 0.1) is 5.92 Å². The number of hydrogen-bond donors (Lipinski definition) is 1. The Hall–Kier alpha value is -2.78. The third-order valence-electron chi connectivity index (χ3n) is 6.57. The summed E-state index contributed by atoms with van der Waals surface area (Å²) in [5, 5.41) is 4.12. The van der Waals surface area contributed by atoms with Crippen LogP contribution in [0.4, 0.5) is 18.9 Å². The number of piperazine rings is 1. The van der Waals surface area contributed by atoms with Gasteiger partial charge in [-0.05, 0) is 49.2 Å². The van der Waals surface area contributed by atoms with E-state index in [4.69, 9.17) is 9.15 Å². The van der Waals surface area contributed by atoms with Crippen LogP contribution in [0.15, 0.2) is 40.8 Å². The molecule has 1 aromatic heterocycles. The van der Waals surface area contributed by atoms with Crippen molar-refractivity contribution < 1.29 is 27.1 Å². The second-order valence-corrected chi connectivity index (χ2v) is 9.68. The first-order valence-corrected chi connectivity index (χ1v) is 11.9. The highest BCUT2D eigenvalue weighted by atomic mass is 19.4. The van der Waals surface area contributed by atoms with Crippen LogP contribution < -0.4 is 10.2 Å². The summed E-state index contributed by atoms with van der Waals surface area (Å²) < 4.78 is 53.0. The van der Waals surface area contributed by atoms with Gasteiger partial charge in [0, 0.05) is 42.6 Å². The second kappa shape index (κ2) is 10.1. The van der Waals surface area contributed by atoms with E-state index in [0.29, 0.717) is 11.2 Å². The largest absolute Gasteiger partial charge is 0.468 e. The number of benzene rings is 2. The Bertz CT molecular complexity index is 1180. The molecule has 2 atom stereocenters. The fourth-order valence-electron chi connectivity index (χ4n) is 4.65. The smallest absolute Gasteiger partial charge is 0.407 e. The SMILES string of the molecule is COC(=O)[C@H](CC(C)C)NC(c1ccc2c(c1)oc1ccc(N3CCN(C)CC3)cc12)C(F)(F)F. The normalized spacial score (nSPS) is 17.3. The standard InChI is InChI=1S/C26H32F3N3O3/c1-16(2)13-21(25(33)34-4)30-24(26(27,28)29)17-5-7-19-20-15-18(32-11-9-31(3)10-12-32)6-8-22(20)35-23(19)14-17/h5-8,14-16,21,24,30H,9-13H2,1-4H3/t21-,24?/m0/s1. The first-order chi connectivity index (χ1) is 16.6. The number of alkyl halides is 3. The number of carbonyl (C=O) groups excluding carboxylic acids is 1. The first kappa shape index (κ1) is 25.3. The van der Waals surface area contributed by atoms with Gasteiger partial charge in [0.1, 0.15) is 23.2 Å². The Morgan fingerprint density at radius 1 is 1.06 bits per heavy atom. The van der Waals surface area contributed by atoms with E-state index in [-0.39, 0.29) is 17.9 Å². The molecular weight excluding hydrogens is 459 g/mol. The molecule has 1 fully saturated rings. The average molecular weight is 492 g/mol. The van der Waals surface area contributed by atoms with Crippen molar-refractivity contribution in [3.8, 4) is 0 Å². The van der Waals surface area contributed by atoms with E-state index in [1.165, 1.54) is 19.2 Å². The number of ether oxygens (including phenoxy) is 1. The molecule has 1 unspecified atom stereocenters. The quantitative estimate of drug-likeness (QED) is 0.463. The van der Waals surface area contributed by atoms with Gasteiger partial charge in [0.15, 0.2) is 0 Å². The van der Waals surface area contributed by atoms with E-state index in [9.17, 15) is 18.0 Å². The number of fused-ring (bicyclic) bond motifs is 3. The van der Waals surface area contributed by atoms with E-state index in [1.54, 1.807) is 6.07 Å². The Labute approximate surface area is 203 Å². The lowest BCUT2D eigenvalue weighted by Crippen LogP contribution is -2.45. The van der Waals surface area contributed by atoms with Gasteiger partial charge >= 0.3 is 12.1 Å². The fraction of sp³-hybridized carbons (Fsp3) is 0.500. The fourth-order valence-corrected chi connectivity index (χ4v) is 4.65. The lowest BCUT2D eigenvalue weighted by Gasteiger charge is -2.34. The van der Waals surface area contributed by atoms with Crippen LogP contribution in [-0.2, 0) is 9.53 Å².